The van der Waals surface area contributed by atoms with Gasteiger partial charge in [0.25, 0.3) is 0 Å². The smallest absolute Gasteiger partial charge is 0.323 e. The molecular weight excluding hydrogens is 256 g/mol. The third-order valence-electron chi connectivity index (χ3n) is 2.12. The number of nitrogens with zero attached hydrogens (tertiary/aromatic N) is 1. The number of anilines is 1. The molecule has 0 aliphatic rings. The van der Waals surface area contributed by atoms with Gasteiger partial charge in [-0.1, -0.05) is 18.1 Å². The van der Waals surface area contributed by atoms with Gasteiger partial charge in [-0.25, -0.2) is 13.6 Å². The number of carboxylic acid groups (broad SMARTS) is 1. The van der Waals surface area contributed by atoms with E-state index in [2.05, 4.69) is 5.92 Å². The maximum absolute atomic E-state index is 11.4. The quantitative estimate of drug-likeness (QED) is 0.724. The first-order valence-corrected chi connectivity index (χ1v) is 6.43. The Hall–Kier alpha value is -2.04. The Balaban J connectivity index is 3.29. The Morgan fingerprint density at radius 2 is 2.06 bits per heavy atom. The third kappa shape index (κ3) is 3.48. The van der Waals surface area contributed by atoms with E-state index in [1.807, 2.05) is 0 Å². The number of carbonyl (C=O) groups is 1. The number of rotatable bonds is 5. The standard InChI is InChI=1S/C11H12N2O4S/c1-2-7-13(8-11(14)15)9-5-3-4-6-10(9)18(12,16)17/h1,3-6H,7-8H2,(H,14,15)(H2,12,16,17). The number of aliphatic carboxylic acids is 1. The molecule has 96 valence electrons. The minimum absolute atomic E-state index is 0.0289. The Morgan fingerprint density at radius 1 is 1.44 bits per heavy atom. The molecule has 7 heteroatoms. The van der Waals surface area contributed by atoms with E-state index in [1.54, 1.807) is 6.07 Å². The van der Waals surface area contributed by atoms with Gasteiger partial charge in [-0.05, 0) is 12.1 Å². The number of hydrogen-bond donors (Lipinski definition) is 2. The van der Waals surface area contributed by atoms with Crippen LogP contribution < -0.4 is 10.0 Å². The fourth-order valence-electron chi connectivity index (χ4n) is 1.46. The highest BCUT2D eigenvalue weighted by atomic mass is 32.2. The topological polar surface area (TPSA) is 101 Å². The largest absolute Gasteiger partial charge is 0.480 e. The summed E-state index contributed by atoms with van der Waals surface area (Å²) in [5.74, 6) is 1.16. The first kappa shape index (κ1) is 14.0. The fraction of sp³-hybridized carbons (Fsp3) is 0.182. The van der Waals surface area contributed by atoms with E-state index >= 15 is 0 Å². The Morgan fingerprint density at radius 3 is 2.56 bits per heavy atom. The fourth-order valence-corrected chi connectivity index (χ4v) is 2.22. The summed E-state index contributed by atoms with van der Waals surface area (Å²) < 4.78 is 22.8. The Labute approximate surface area is 105 Å². The molecule has 0 radical (unpaired) electrons. The van der Waals surface area contributed by atoms with Crippen LogP contribution in [-0.2, 0) is 14.8 Å². The highest BCUT2D eigenvalue weighted by Crippen LogP contribution is 2.23. The third-order valence-corrected chi connectivity index (χ3v) is 3.08. The molecule has 1 aromatic carbocycles. The second-order valence-corrected chi connectivity index (χ2v) is 5.00. The summed E-state index contributed by atoms with van der Waals surface area (Å²) in [6.45, 7) is -0.435. The van der Waals surface area contributed by atoms with Crippen LogP contribution in [0, 0.1) is 12.3 Å². The number of nitrogens with two attached hydrogens (primary N) is 1. The summed E-state index contributed by atoms with van der Waals surface area (Å²) in [5, 5.41) is 13.8. The van der Waals surface area contributed by atoms with Crippen molar-refractivity contribution in [2.75, 3.05) is 18.0 Å². The van der Waals surface area contributed by atoms with Gasteiger partial charge in [-0.15, -0.1) is 6.42 Å². The molecule has 0 unspecified atom stereocenters. The van der Waals surface area contributed by atoms with Crippen molar-refractivity contribution in [1.82, 2.24) is 0 Å². The zero-order valence-electron chi connectivity index (χ0n) is 9.41. The van der Waals surface area contributed by atoms with Crippen LogP contribution in [-0.4, -0.2) is 32.6 Å². The monoisotopic (exact) mass is 268 g/mol. The lowest BCUT2D eigenvalue weighted by Gasteiger charge is -2.22. The number of hydrogen-bond acceptors (Lipinski definition) is 4. The normalized spacial score (nSPS) is 10.7. The van der Waals surface area contributed by atoms with E-state index in [9.17, 15) is 13.2 Å². The van der Waals surface area contributed by atoms with E-state index in [1.165, 1.54) is 23.1 Å². The highest BCUT2D eigenvalue weighted by molar-refractivity contribution is 7.89. The van der Waals surface area contributed by atoms with Crippen molar-refractivity contribution in [3.8, 4) is 12.3 Å². The number of benzene rings is 1. The summed E-state index contributed by atoms with van der Waals surface area (Å²) in [6.07, 6.45) is 5.14. The lowest BCUT2D eigenvalue weighted by Crippen LogP contribution is -2.31. The van der Waals surface area contributed by atoms with Gasteiger partial charge in [0.05, 0.1) is 12.2 Å². The molecule has 0 spiro atoms. The number of terminal acetylenes is 1. The van der Waals surface area contributed by atoms with Crippen LogP contribution in [0.5, 0.6) is 0 Å². The summed E-state index contributed by atoms with van der Waals surface area (Å²) in [7, 11) is -3.94. The molecule has 0 bridgehead atoms. The zero-order valence-corrected chi connectivity index (χ0v) is 10.2. The van der Waals surface area contributed by atoms with Crippen LogP contribution in [0.3, 0.4) is 0 Å². The molecule has 1 rings (SSSR count). The van der Waals surface area contributed by atoms with E-state index in [4.69, 9.17) is 16.7 Å². The molecule has 0 amide bonds. The molecule has 18 heavy (non-hydrogen) atoms. The van der Waals surface area contributed by atoms with Crippen molar-refractivity contribution in [3.63, 3.8) is 0 Å². The zero-order chi connectivity index (χ0) is 13.8. The molecule has 0 aromatic heterocycles. The van der Waals surface area contributed by atoms with E-state index in [0.717, 1.165) is 0 Å². The van der Waals surface area contributed by atoms with Crippen molar-refractivity contribution in [1.29, 1.82) is 0 Å². The number of primary sulfonamides is 1. The van der Waals surface area contributed by atoms with Gasteiger partial charge in [-0.3, -0.25) is 4.79 Å². The minimum atomic E-state index is -3.94. The van der Waals surface area contributed by atoms with Gasteiger partial charge in [0.15, 0.2) is 0 Å². The van der Waals surface area contributed by atoms with Crippen molar-refractivity contribution < 1.29 is 18.3 Å². The number of sulfonamides is 1. The molecule has 6 nitrogen and oxygen atoms in total. The second-order valence-electron chi connectivity index (χ2n) is 3.47. The van der Waals surface area contributed by atoms with Crippen LogP contribution in [0.1, 0.15) is 0 Å². The van der Waals surface area contributed by atoms with E-state index < -0.39 is 22.5 Å². The predicted molar refractivity (Wildman–Crippen MR) is 66.5 cm³/mol. The predicted octanol–water partition coefficient (Wildman–Crippen LogP) is -0.142. The van der Waals surface area contributed by atoms with Crippen LogP contribution in [0.2, 0.25) is 0 Å². The second kappa shape index (κ2) is 5.53. The van der Waals surface area contributed by atoms with Gasteiger partial charge in [-0.2, -0.15) is 0 Å². The molecule has 3 N–H and O–H groups in total. The first-order chi connectivity index (χ1) is 8.36. The number of para-hydroxylation sites is 1. The van der Waals surface area contributed by atoms with Crippen molar-refractivity contribution >= 4 is 21.7 Å². The van der Waals surface area contributed by atoms with Crippen LogP contribution in [0.25, 0.3) is 0 Å². The summed E-state index contributed by atoms with van der Waals surface area (Å²) >= 11 is 0. The average molecular weight is 268 g/mol. The molecule has 0 saturated heterocycles. The maximum atomic E-state index is 11.4. The molecule has 0 heterocycles. The van der Waals surface area contributed by atoms with Crippen LogP contribution in [0.4, 0.5) is 5.69 Å². The summed E-state index contributed by atoms with van der Waals surface area (Å²) in [4.78, 5) is 11.8. The van der Waals surface area contributed by atoms with Crippen molar-refractivity contribution in [3.05, 3.63) is 24.3 Å². The van der Waals surface area contributed by atoms with Crippen molar-refractivity contribution in [2.24, 2.45) is 5.14 Å². The number of carboxylic acids is 1. The van der Waals surface area contributed by atoms with Crippen LogP contribution in [0.15, 0.2) is 29.2 Å². The van der Waals surface area contributed by atoms with Crippen LogP contribution >= 0.6 is 0 Å². The van der Waals surface area contributed by atoms with Gasteiger partial charge < -0.3 is 10.0 Å². The highest BCUT2D eigenvalue weighted by Gasteiger charge is 2.19. The van der Waals surface area contributed by atoms with Gasteiger partial charge >= 0.3 is 5.97 Å². The molecule has 0 aliphatic carbocycles. The molecule has 0 saturated carbocycles. The summed E-state index contributed by atoms with van der Waals surface area (Å²) in [5.41, 5.74) is 0.181. The first-order valence-electron chi connectivity index (χ1n) is 4.88. The lowest BCUT2D eigenvalue weighted by atomic mass is 10.3. The van der Waals surface area contributed by atoms with Gasteiger partial charge in [0.1, 0.15) is 11.4 Å². The average Bonchev–Trinajstić information content (AvgIpc) is 2.27. The van der Waals surface area contributed by atoms with Gasteiger partial charge in [0.2, 0.25) is 10.0 Å². The maximum Gasteiger partial charge on any atom is 0.323 e. The lowest BCUT2D eigenvalue weighted by molar-refractivity contribution is -0.135. The molecular formula is C11H12N2O4S. The molecule has 0 atom stereocenters. The van der Waals surface area contributed by atoms with E-state index in [0.29, 0.717) is 0 Å². The molecule has 0 aliphatic heterocycles. The van der Waals surface area contributed by atoms with Crippen molar-refractivity contribution in [2.45, 2.75) is 4.90 Å². The Bertz CT molecular complexity index is 589. The van der Waals surface area contributed by atoms with Gasteiger partial charge in [0, 0.05) is 0 Å². The minimum Gasteiger partial charge on any atom is -0.480 e. The Kier molecular flexibility index (Phi) is 4.31. The molecule has 1 aromatic rings. The summed E-state index contributed by atoms with van der Waals surface area (Å²) in [6, 6.07) is 5.84. The SMILES string of the molecule is C#CCN(CC(=O)O)c1ccccc1S(N)(=O)=O. The van der Waals surface area contributed by atoms with E-state index in [-0.39, 0.29) is 17.1 Å². The molecule has 0 fully saturated rings.